The monoisotopic (exact) mass is 429 g/mol. The second-order valence-electron chi connectivity index (χ2n) is 5.98. The van der Waals surface area contributed by atoms with Crippen molar-refractivity contribution < 1.29 is 9.90 Å². The molecule has 10 heteroatoms. The summed E-state index contributed by atoms with van der Waals surface area (Å²) in [6.45, 7) is 1.75. The van der Waals surface area contributed by atoms with Gasteiger partial charge in [-0.1, -0.05) is 23.7 Å². The molecule has 3 aromatic rings. The minimum Gasteiger partial charge on any atom is -0.478 e. The Balaban J connectivity index is 1.71. The summed E-state index contributed by atoms with van der Waals surface area (Å²) in [5, 5.41) is 19.5. The maximum Gasteiger partial charge on any atom is 0.335 e. The van der Waals surface area contributed by atoms with Gasteiger partial charge in [-0.15, -0.1) is 0 Å². The first kappa shape index (κ1) is 20.3. The van der Waals surface area contributed by atoms with E-state index in [2.05, 4.69) is 20.9 Å². The summed E-state index contributed by atoms with van der Waals surface area (Å²) in [5.41, 5.74) is 4.52. The Hall–Kier alpha value is -3.43. The van der Waals surface area contributed by atoms with Crippen LogP contribution in [0.4, 0.5) is 5.69 Å². The van der Waals surface area contributed by atoms with Crippen molar-refractivity contribution in [3.05, 3.63) is 80.7 Å². The number of halogens is 1. The molecule has 0 fully saturated rings. The van der Waals surface area contributed by atoms with E-state index in [1.54, 1.807) is 43.3 Å². The first-order valence-electron chi connectivity index (χ1n) is 8.36. The molecule has 0 unspecified atom stereocenters. The number of thiocarbonyl (C=S) groups is 1. The van der Waals surface area contributed by atoms with Crippen LogP contribution >= 0.6 is 23.8 Å². The molecule has 0 radical (unpaired) electrons. The summed E-state index contributed by atoms with van der Waals surface area (Å²) >= 11 is 11.1. The van der Waals surface area contributed by atoms with Crippen molar-refractivity contribution >= 4 is 46.8 Å². The summed E-state index contributed by atoms with van der Waals surface area (Å²) in [5.74, 6) is -1.04. The van der Waals surface area contributed by atoms with Gasteiger partial charge >= 0.3 is 5.97 Å². The first-order chi connectivity index (χ1) is 13.8. The average Bonchev–Trinajstić information content (AvgIpc) is 2.96. The maximum atomic E-state index is 12.6. The van der Waals surface area contributed by atoms with E-state index in [-0.39, 0.29) is 16.2 Å². The van der Waals surface area contributed by atoms with Gasteiger partial charge in [-0.2, -0.15) is 5.10 Å². The Morgan fingerprint density at radius 2 is 2.03 bits per heavy atom. The molecule has 29 heavy (non-hydrogen) atoms. The van der Waals surface area contributed by atoms with E-state index in [9.17, 15) is 9.59 Å². The molecule has 8 nitrogen and oxygen atoms in total. The van der Waals surface area contributed by atoms with Crippen molar-refractivity contribution in [2.75, 3.05) is 5.32 Å². The number of aromatic nitrogens is 2. The maximum absolute atomic E-state index is 12.6. The van der Waals surface area contributed by atoms with E-state index < -0.39 is 5.97 Å². The molecule has 1 aromatic heterocycles. The topological polar surface area (TPSA) is 112 Å². The van der Waals surface area contributed by atoms with Crippen LogP contribution < -0.4 is 16.3 Å². The van der Waals surface area contributed by atoms with Gasteiger partial charge < -0.3 is 10.4 Å². The van der Waals surface area contributed by atoms with Crippen molar-refractivity contribution in [1.82, 2.24) is 15.2 Å². The average molecular weight is 430 g/mol. The Kier molecular flexibility index (Phi) is 6.10. The van der Waals surface area contributed by atoms with Gasteiger partial charge in [0.25, 0.3) is 5.56 Å². The van der Waals surface area contributed by atoms with Crippen LogP contribution in [0.3, 0.4) is 0 Å². The van der Waals surface area contributed by atoms with Gasteiger partial charge in [0.1, 0.15) is 0 Å². The molecule has 0 spiro atoms. The first-order valence-corrected chi connectivity index (χ1v) is 9.15. The number of aromatic amines is 1. The molecule has 0 aliphatic carbocycles. The number of anilines is 1. The van der Waals surface area contributed by atoms with Crippen LogP contribution in [0.25, 0.3) is 5.69 Å². The number of nitrogens with zero attached hydrogens (tertiary/aromatic N) is 2. The molecule has 0 saturated heterocycles. The van der Waals surface area contributed by atoms with E-state index in [1.165, 1.54) is 23.0 Å². The summed E-state index contributed by atoms with van der Waals surface area (Å²) < 4.78 is 1.37. The lowest BCUT2D eigenvalue weighted by Gasteiger charge is -2.07. The third-order valence-electron chi connectivity index (χ3n) is 3.91. The number of rotatable bonds is 5. The predicted molar refractivity (Wildman–Crippen MR) is 116 cm³/mol. The Bertz CT molecular complexity index is 1170. The molecule has 2 aromatic carbocycles. The lowest BCUT2D eigenvalue weighted by atomic mass is 10.2. The van der Waals surface area contributed by atoms with E-state index >= 15 is 0 Å². The summed E-state index contributed by atoms with van der Waals surface area (Å²) in [6, 6.07) is 13.1. The quantitative estimate of drug-likeness (QED) is 0.281. The highest BCUT2D eigenvalue weighted by atomic mass is 35.5. The van der Waals surface area contributed by atoms with Crippen molar-refractivity contribution in [1.29, 1.82) is 0 Å². The van der Waals surface area contributed by atoms with Gasteiger partial charge in [0.15, 0.2) is 5.11 Å². The third kappa shape index (κ3) is 4.89. The molecule has 148 valence electrons. The number of carboxylic acids is 1. The third-order valence-corrected chi connectivity index (χ3v) is 4.34. The van der Waals surface area contributed by atoms with Gasteiger partial charge in [0, 0.05) is 16.4 Å². The summed E-state index contributed by atoms with van der Waals surface area (Å²) in [4.78, 5) is 23.6. The van der Waals surface area contributed by atoms with Crippen LogP contribution in [-0.4, -0.2) is 32.2 Å². The minimum atomic E-state index is -1.04. The Morgan fingerprint density at radius 1 is 1.28 bits per heavy atom. The molecular formula is C19H16ClN5O3S. The number of carboxylic acid groups (broad SMARTS) is 1. The van der Waals surface area contributed by atoms with Gasteiger partial charge in [-0.25, -0.2) is 9.48 Å². The minimum absolute atomic E-state index is 0.130. The SMILES string of the molecule is Cc1[nH]n(-c2cccc(Cl)c2)c(=O)c1C=NNC(=S)Nc1cccc(C(=O)O)c1. The van der Waals surface area contributed by atoms with Gasteiger partial charge in [-0.3, -0.25) is 15.3 Å². The van der Waals surface area contributed by atoms with Crippen molar-refractivity contribution in [2.24, 2.45) is 5.10 Å². The highest BCUT2D eigenvalue weighted by Gasteiger charge is 2.11. The van der Waals surface area contributed by atoms with Crippen LogP contribution in [0.2, 0.25) is 5.02 Å². The highest BCUT2D eigenvalue weighted by molar-refractivity contribution is 7.80. The highest BCUT2D eigenvalue weighted by Crippen LogP contribution is 2.13. The van der Waals surface area contributed by atoms with Crippen LogP contribution in [0.1, 0.15) is 21.6 Å². The van der Waals surface area contributed by atoms with Crippen LogP contribution in [0, 0.1) is 6.92 Å². The summed E-state index contributed by atoms with van der Waals surface area (Å²) in [7, 11) is 0. The standard InChI is InChI=1S/C19H16ClN5O3S/c1-11-16(17(26)25(24-11)15-7-3-5-13(20)9-15)10-21-23-19(29)22-14-6-2-4-12(8-14)18(27)28/h2-10,24H,1H3,(H,27,28)(H2,22,23,29). The number of aromatic carboxylic acids is 1. The van der Waals surface area contributed by atoms with Crippen LogP contribution in [0.5, 0.6) is 0 Å². The molecular weight excluding hydrogens is 414 g/mol. The number of benzene rings is 2. The van der Waals surface area contributed by atoms with E-state index in [0.717, 1.165) is 0 Å². The Morgan fingerprint density at radius 3 is 2.76 bits per heavy atom. The number of carbonyl (C=O) groups is 1. The summed E-state index contributed by atoms with van der Waals surface area (Å²) in [6.07, 6.45) is 1.36. The van der Waals surface area contributed by atoms with Crippen molar-refractivity contribution in [2.45, 2.75) is 6.92 Å². The lowest BCUT2D eigenvalue weighted by Crippen LogP contribution is -2.24. The van der Waals surface area contributed by atoms with E-state index in [1.807, 2.05) is 0 Å². The number of nitrogens with one attached hydrogen (secondary N) is 3. The molecule has 3 rings (SSSR count). The second kappa shape index (κ2) is 8.72. The Labute approximate surface area is 175 Å². The zero-order valence-electron chi connectivity index (χ0n) is 15.1. The molecule has 0 amide bonds. The molecule has 0 aliphatic heterocycles. The zero-order valence-corrected chi connectivity index (χ0v) is 16.7. The van der Waals surface area contributed by atoms with E-state index in [4.69, 9.17) is 28.9 Å². The van der Waals surface area contributed by atoms with Gasteiger partial charge in [-0.05, 0) is 55.5 Å². The fourth-order valence-corrected chi connectivity index (χ4v) is 2.91. The molecule has 1 heterocycles. The van der Waals surface area contributed by atoms with Gasteiger partial charge in [0.2, 0.25) is 0 Å². The molecule has 0 aliphatic rings. The molecule has 0 atom stereocenters. The molecule has 0 bridgehead atoms. The number of hydrogen-bond acceptors (Lipinski definition) is 4. The fraction of sp³-hybridized carbons (Fsp3) is 0.0526. The molecule has 0 saturated carbocycles. The molecule has 4 N–H and O–H groups in total. The second-order valence-corrected chi connectivity index (χ2v) is 6.83. The smallest absolute Gasteiger partial charge is 0.335 e. The van der Waals surface area contributed by atoms with Gasteiger partial charge in [0.05, 0.1) is 23.0 Å². The van der Waals surface area contributed by atoms with E-state index in [0.29, 0.717) is 27.7 Å². The number of H-pyrrole nitrogens is 1. The number of hydrazone groups is 1. The normalized spacial score (nSPS) is 10.8. The van der Waals surface area contributed by atoms with Crippen LogP contribution in [-0.2, 0) is 0 Å². The van der Waals surface area contributed by atoms with Crippen molar-refractivity contribution in [3.63, 3.8) is 0 Å². The largest absolute Gasteiger partial charge is 0.478 e. The van der Waals surface area contributed by atoms with Crippen molar-refractivity contribution in [3.8, 4) is 5.69 Å². The number of aryl methyl sites for hydroxylation is 1. The lowest BCUT2D eigenvalue weighted by molar-refractivity contribution is 0.0697. The fourth-order valence-electron chi connectivity index (χ4n) is 2.55. The van der Waals surface area contributed by atoms with Crippen LogP contribution in [0.15, 0.2) is 58.4 Å². The predicted octanol–water partition coefficient (Wildman–Crippen LogP) is 3.15. The number of hydrogen-bond donors (Lipinski definition) is 4. The zero-order chi connectivity index (χ0) is 21.0.